The molecular weight excluding hydrogens is 190 g/mol. The summed E-state index contributed by atoms with van der Waals surface area (Å²) in [4.78, 5) is 16.1. The summed E-state index contributed by atoms with van der Waals surface area (Å²) in [6.07, 6.45) is 1.79. The molecule has 0 aliphatic heterocycles. The van der Waals surface area contributed by atoms with Crippen molar-refractivity contribution in [2.75, 3.05) is 6.54 Å². The molecule has 1 aromatic carbocycles. The fourth-order valence-corrected chi connectivity index (χ4v) is 1.08. The van der Waals surface area contributed by atoms with Crippen LogP contribution in [0.5, 0.6) is 0 Å². The minimum absolute atomic E-state index is 0.347. The van der Waals surface area contributed by atoms with Gasteiger partial charge in [-0.15, -0.1) is 0 Å². The van der Waals surface area contributed by atoms with E-state index in [9.17, 15) is 4.79 Å². The molecular formula is C12H15NO2. The van der Waals surface area contributed by atoms with Crippen molar-refractivity contribution in [3.8, 4) is 0 Å². The van der Waals surface area contributed by atoms with E-state index in [1.165, 1.54) is 0 Å². The van der Waals surface area contributed by atoms with Gasteiger partial charge in [-0.25, -0.2) is 4.79 Å². The third-order valence-corrected chi connectivity index (χ3v) is 1.81. The quantitative estimate of drug-likeness (QED) is 0.604. The molecule has 1 rings (SSSR count). The van der Waals surface area contributed by atoms with Crippen LogP contribution in [0.4, 0.5) is 0 Å². The van der Waals surface area contributed by atoms with Gasteiger partial charge < -0.3 is 4.84 Å². The number of nitrogens with one attached hydrogen (secondary N) is 1. The Hall–Kier alpha value is -1.61. The summed E-state index contributed by atoms with van der Waals surface area (Å²) in [5.74, 6) is -0.347. The summed E-state index contributed by atoms with van der Waals surface area (Å²) >= 11 is 0. The SMILES string of the molecule is CCNOC(=O)C(C)=Cc1ccccc1. The molecule has 0 amide bonds. The molecule has 0 aromatic heterocycles. The van der Waals surface area contributed by atoms with Gasteiger partial charge in [0.05, 0.1) is 0 Å². The van der Waals surface area contributed by atoms with E-state index >= 15 is 0 Å². The maximum atomic E-state index is 11.4. The molecule has 0 aliphatic carbocycles. The van der Waals surface area contributed by atoms with Crippen LogP contribution in [0.25, 0.3) is 6.08 Å². The van der Waals surface area contributed by atoms with Crippen molar-refractivity contribution >= 4 is 12.0 Å². The zero-order valence-corrected chi connectivity index (χ0v) is 8.99. The van der Waals surface area contributed by atoms with Gasteiger partial charge in [-0.3, -0.25) is 0 Å². The van der Waals surface area contributed by atoms with E-state index in [1.54, 1.807) is 13.0 Å². The molecule has 1 N–H and O–H groups in total. The van der Waals surface area contributed by atoms with Crippen LogP contribution in [0.15, 0.2) is 35.9 Å². The second kappa shape index (κ2) is 5.98. The predicted molar refractivity (Wildman–Crippen MR) is 59.9 cm³/mol. The fourth-order valence-electron chi connectivity index (χ4n) is 1.08. The van der Waals surface area contributed by atoms with Crippen molar-refractivity contribution in [2.24, 2.45) is 0 Å². The number of hydroxylamine groups is 1. The van der Waals surface area contributed by atoms with Gasteiger partial charge in [0, 0.05) is 12.1 Å². The molecule has 0 unspecified atom stereocenters. The molecule has 0 fully saturated rings. The summed E-state index contributed by atoms with van der Waals surface area (Å²) in [5, 5.41) is 0. The highest BCUT2D eigenvalue weighted by atomic mass is 16.7. The topological polar surface area (TPSA) is 38.3 Å². The lowest BCUT2D eigenvalue weighted by Crippen LogP contribution is -2.19. The molecule has 3 heteroatoms. The van der Waals surface area contributed by atoms with Crippen LogP contribution < -0.4 is 5.48 Å². The monoisotopic (exact) mass is 205 g/mol. The summed E-state index contributed by atoms with van der Waals surface area (Å²) in [5.41, 5.74) is 4.09. The van der Waals surface area contributed by atoms with E-state index in [0.717, 1.165) is 5.56 Å². The molecule has 15 heavy (non-hydrogen) atoms. The maximum absolute atomic E-state index is 11.4. The number of carbonyl (C=O) groups excluding carboxylic acids is 1. The first kappa shape index (κ1) is 11.5. The lowest BCUT2D eigenvalue weighted by Gasteiger charge is -2.03. The molecule has 3 nitrogen and oxygen atoms in total. The van der Waals surface area contributed by atoms with E-state index in [4.69, 9.17) is 4.84 Å². The maximum Gasteiger partial charge on any atom is 0.352 e. The van der Waals surface area contributed by atoms with Crippen LogP contribution in [0.1, 0.15) is 19.4 Å². The minimum Gasteiger partial charge on any atom is -0.367 e. The average molecular weight is 205 g/mol. The van der Waals surface area contributed by atoms with Gasteiger partial charge in [0.25, 0.3) is 0 Å². The lowest BCUT2D eigenvalue weighted by molar-refractivity contribution is -0.145. The highest BCUT2D eigenvalue weighted by Crippen LogP contribution is 2.06. The third-order valence-electron chi connectivity index (χ3n) is 1.81. The van der Waals surface area contributed by atoms with Crippen molar-refractivity contribution in [3.05, 3.63) is 41.5 Å². The molecule has 0 saturated heterocycles. The van der Waals surface area contributed by atoms with Crippen molar-refractivity contribution in [1.82, 2.24) is 5.48 Å². The molecule has 0 aliphatic rings. The molecule has 0 atom stereocenters. The molecule has 0 bridgehead atoms. The van der Waals surface area contributed by atoms with Crippen molar-refractivity contribution < 1.29 is 9.63 Å². The molecule has 0 heterocycles. The fraction of sp³-hybridized carbons (Fsp3) is 0.250. The van der Waals surface area contributed by atoms with Gasteiger partial charge in [0.15, 0.2) is 0 Å². The molecule has 80 valence electrons. The highest BCUT2D eigenvalue weighted by Gasteiger charge is 2.04. The van der Waals surface area contributed by atoms with Crippen LogP contribution >= 0.6 is 0 Å². The second-order valence-corrected chi connectivity index (χ2v) is 3.13. The Bertz CT molecular complexity index is 344. The van der Waals surface area contributed by atoms with Crippen molar-refractivity contribution in [3.63, 3.8) is 0 Å². The van der Waals surface area contributed by atoms with E-state index in [-0.39, 0.29) is 5.97 Å². The van der Waals surface area contributed by atoms with Gasteiger partial charge >= 0.3 is 5.97 Å². The Morgan fingerprint density at radius 3 is 2.67 bits per heavy atom. The largest absolute Gasteiger partial charge is 0.367 e. The number of hydrogen-bond acceptors (Lipinski definition) is 3. The Morgan fingerprint density at radius 2 is 2.07 bits per heavy atom. The number of hydrogen-bond donors (Lipinski definition) is 1. The van der Waals surface area contributed by atoms with Gasteiger partial charge in [0.2, 0.25) is 0 Å². The molecule has 0 radical (unpaired) electrons. The minimum atomic E-state index is -0.347. The summed E-state index contributed by atoms with van der Waals surface area (Å²) in [6.45, 7) is 4.19. The van der Waals surface area contributed by atoms with Crippen LogP contribution in [-0.2, 0) is 9.63 Å². The van der Waals surface area contributed by atoms with E-state index < -0.39 is 0 Å². The Kier molecular flexibility index (Phi) is 4.57. The smallest absolute Gasteiger partial charge is 0.352 e. The Balaban J connectivity index is 2.63. The number of rotatable bonds is 4. The standard InChI is InChI=1S/C12H15NO2/c1-3-13-15-12(14)10(2)9-11-7-5-4-6-8-11/h4-9,13H,3H2,1-2H3. The summed E-state index contributed by atoms with van der Waals surface area (Å²) in [6, 6.07) is 9.65. The molecule has 0 spiro atoms. The van der Waals surface area contributed by atoms with Gasteiger partial charge in [0.1, 0.15) is 0 Å². The van der Waals surface area contributed by atoms with Crippen LogP contribution in [0.2, 0.25) is 0 Å². The Morgan fingerprint density at radius 1 is 1.40 bits per heavy atom. The first-order chi connectivity index (χ1) is 7.24. The zero-order chi connectivity index (χ0) is 11.1. The number of benzene rings is 1. The third kappa shape index (κ3) is 3.95. The average Bonchev–Trinajstić information content (AvgIpc) is 2.27. The summed E-state index contributed by atoms with van der Waals surface area (Å²) < 4.78 is 0. The first-order valence-corrected chi connectivity index (χ1v) is 4.91. The summed E-state index contributed by atoms with van der Waals surface area (Å²) in [7, 11) is 0. The van der Waals surface area contributed by atoms with Crippen LogP contribution in [0, 0.1) is 0 Å². The lowest BCUT2D eigenvalue weighted by atomic mass is 10.1. The van der Waals surface area contributed by atoms with E-state index in [2.05, 4.69) is 5.48 Å². The number of carbonyl (C=O) groups is 1. The van der Waals surface area contributed by atoms with Crippen LogP contribution in [-0.4, -0.2) is 12.5 Å². The van der Waals surface area contributed by atoms with Crippen molar-refractivity contribution in [2.45, 2.75) is 13.8 Å². The zero-order valence-electron chi connectivity index (χ0n) is 8.99. The normalized spacial score (nSPS) is 11.2. The van der Waals surface area contributed by atoms with Crippen LogP contribution in [0.3, 0.4) is 0 Å². The van der Waals surface area contributed by atoms with Gasteiger partial charge in [-0.1, -0.05) is 30.3 Å². The predicted octanol–water partition coefficient (Wildman–Crippen LogP) is 2.16. The Labute approximate surface area is 89.7 Å². The van der Waals surface area contributed by atoms with Crippen molar-refractivity contribution in [1.29, 1.82) is 0 Å². The van der Waals surface area contributed by atoms with E-state index in [0.29, 0.717) is 12.1 Å². The molecule has 0 saturated carbocycles. The van der Waals surface area contributed by atoms with E-state index in [1.807, 2.05) is 37.3 Å². The first-order valence-electron chi connectivity index (χ1n) is 4.91. The second-order valence-electron chi connectivity index (χ2n) is 3.13. The van der Waals surface area contributed by atoms with Gasteiger partial charge in [-0.2, -0.15) is 5.48 Å². The van der Waals surface area contributed by atoms with Gasteiger partial charge in [-0.05, 0) is 25.5 Å². The molecule has 1 aromatic rings. The highest BCUT2D eigenvalue weighted by molar-refractivity contribution is 5.92.